The number of fused-ring (bicyclic) bond motifs is 1. The van der Waals surface area contributed by atoms with Gasteiger partial charge < -0.3 is 4.74 Å². The van der Waals surface area contributed by atoms with Crippen LogP contribution in [-0.2, 0) is 6.42 Å². The molecule has 0 amide bonds. The largest absolute Gasteiger partial charge is 0.493 e. The molecule has 96 valence electrons. The maximum Gasteiger partial charge on any atom is 0.203 e. The van der Waals surface area contributed by atoms with Crippen molar-refractivity contribution in [2.45, 2.75) is 30.9 Å². The van der Waals surface area contributed by atoms with Crippen molar-refractivity contribution in [1.29, 1.82) is 0 Å². The highest BCUT2D eigenvalue weighted by Crippen LogP contribution is 2.28. The molecule has 2 aromatic heterocycles. The molecule has 4 nitrogen and oxygen atoms in total. The smallest absolute Gasteiger partial charge is 0.203 e. The zero-order valence-electron chi connectivity index (χ0n) is 10.5. The third-order valence-electron chi connectivity index (χ3n) is 3.37. The Hall–Kier alpha value is -1.23. The zero-order chi connectivity index (χ0) is 12.4. The molecular formula is C13H17N3OS. The summed E-state index contributed by atoms with van der Waals surface area (Å²) in [7, 11) is 1.67. The zero-order valence-corrected chi connectivity index (χ0v) is 11.3. The predicted molar refractivity (Wildman–Crippen MR) is 73.3 cm³/mol. The van der Waals surface area contributed by atoms with E-state index < -0.39 is 0 Å². The lowest BCUT2D eigenvalue weighted by Gasteiger charge is -2.20. The molecule has 3 rings (SSSR count). The van der Waals surface area contributed by atoms with Crippen molar-refractivity contribution in [2.24, 2.45) is 0 Å². The van der Waals surface area contributed by atoms with Crippen LogP contribution in [-0.4, -0.2) is 32.7 Å². The second-order valence-electron chi connectivity index (χ2n) is 4.58. The van der Waals surface area contributed by atoms with Gasteiger partial charge in [-0.25, -0.2) is 0 Å². The number of rotatable bonds is 3. The van der Waals surface area contributed by atoms with E-state index in [0.29, 0.717) is 5.25 Å². The predicted octanol–water partition coefficient (Wildman–Crippen LogP) is 2.57. The van der Waals surface area contributed by atoms with Gasteiger partial charge in [0.25, 0.3) is 0 Å². The molecule has 1 aliphatic heterocycles. The Balaban J connectivity index is 1.88. The topological polar surface area (TPSA) is 39.4 Å². The molecule has 3 heterocycles. The first kappa shape index (κ1) is 11.8. The number of aromatic nitrogens is 3. The maximum atomic E-state index is 5.30. The molecule has 2 aromatic rings. The Morgan fingerprint density at radius 3 is 3.17 bits per heavy atom. The number of nitrogens with zero attached hydrogens (tertiary/aromatic N) is 3. The minimum Gasteiger partial charge on any atom is -0.493 e. The summed E-state index contributed by atoms with van der Waals surface area (Å²) in [6.07, 6.45) is 7.01. The number of hydrogen-bond acceptors (Lipinski definition) is 4. The summed E-state index contributed by atoms with van der Waals surface area (Å²) in [5, 5.41) is 9.24. The highest BCUT2D eigenvalue weighted by atomic mass is 32.2. The van der Waals surface area contributed by atoms with Crippen molar-refractivity contribution in [1.82, 2.24) is 14.6 Å². The molecule has 0 N–H and O–H groups in total. The van der Waals surface area contributed by atoms with Crippen molar-refractivity contribution in [3.8, 4) is 5.75 Å². The molecule has 0 bridgehead atoms. The van der Waals surface area contributed by atoms with Crippen LogP contribution >= 0.6 is 11.8 Å². The number of methoxy groups -OCH3 is 1. The van der Waals surface area contributed by atoms with Gasteiger partial charge in [-0.2, -0.15) is 11.8 Å². The van der Waals surface area contributed by atoms with Crippen molar-refractivity contribution >= 4 is 17.4 Å². The van der Waals surface area contributed by atoms with Gasteiger partial charge in [0.05, 0.1) is 7.11 Å². The Bertz CT molecular complexity index is 534. The summed E-state index contributed by atoms with van der Waals surface area (Å²) in [5.74, 6) is 3.11. The van der Waals surface area contributed by atoms with E-state index in [9.17, 15) is 0 Å². The molecule has 0 saturated carbocycles. The minimum absolute atomic E-state index is 0.692. The van der Waals surface area contributed by atoms with Crippen molar-refractivity contribution < 1.29 is 4.74 Å². The van der Waals surface area contributed by atoms with Gasteiger partial charge in [-0.1, -0.05) is 6.42 Å². The lowest BCUT2D eigenvalue weighted by atomic mass is 10.1. The molecule has 5 heteroatoms. The summed E-state index contributed by atoms with van der Waals surface area (Å²) in [4.78, 5) is 0. The third kappa shape index (κ3) is 2.19. The van der Waals surface area contributed by atoms with E-state index in [0.717, 1.165) is 23.6 Å². The maximum absolute atomic E-state index is 5.30. The molecule has 1 atom stereocenters. The average molecular weight is 263 g/mol. The Kier molecular flexibility index (Phi) is 3.41. The van der Waals surface area contributed by atoms with Gasteiger partial charge in [0.2, 0.25) is 5.65 Å². The van der Waals surface area contributed by atoms with E-state index in [1.54, 1.807) is 7.11 Å². The van der Waals surface area contributed by atoms with Crippen molar-refractivity contribution in [3.05, 3.63) is 24.2 Å². The molecule has 1 saturated heterocycles. The lowest BCUT2D eigenvalue weighted by molar-refractivity contribution is 0.416. The van der Waals surface area contributed by atoms with E-state index in [1.165, 1.54) is 25.0 Å². The molecule has 18 heavy (non-hydrogen) atoms. The summed E-state index contributed by atoms with van der Waals surface area (Å²) in [6, 6.07) is 3.90. The summed E-state index contributed by atoms with van der Waals surface area (Å²) >= 11 is 2.07. The second-order valence-corrected chi connectivity index (χ2v) is 5.99. The van der Waals surface area contributed by atoms with E-state index in [1.807, 2.05) is 22.7 Å². The Morgan fingerprint density at radius 2 is 2.39 bits per heavy atom. The quantitative estimate of drug-likeness (QED) is 0.853. The van der Waals surface area contributed by atoms with Gasteiger partial charge >= 0.3 is 0 Å². The Morgan fingerprint density at radius 1 is 1.44 bits per heavy atom. The monoisotopic (exact) mass is 263 g/mol. The van der Waals surface area contributed by atoms with Crippen molar-refractivity contribution in [2.75, 3.05) is 12.9 Å². The van der Waals surface area contributed by atoms with E-state index >= 15 is 0 Å². The molecule has 0 aromatic carbocycles. The van der Waals surface area contributed by atoms with Crippen LogP contribution in [0, 0.1) is 0 Å². The van der Waals surface area contributed by atoms with Gasteiger partial charge in [-0.3, -0.25) is 4.40 Å². The molecule has 0 aliphatic carbocycles. The molecule has 1 aliphatic rings. The molecule has 1 fully saturated rings. The van der Waals surface area contributed by atoms with Crippen LogP contribution < -0.4 is 4.74 Å². The number of pyridine rings is 1. The highest BCUT2D eigenvalue weighted by molar-refractivity contribution is 7.99. The van der Waals surface area contributed by atoms with Crippen LogP contribution in [0.1, 0.15) is 25.1 Å². The van der Waals surface area contributed by atoms with Crippen LogP contribution in [0.5, 0.6) is 5.75 Å². The molecule has 0 spiro atoms. The SMILES string of the molecule is COc1cccn2c(CC3CCCCS3)nnc12. The van der Waals surface area contributed by atoms with Crippen molar-refractivity contribution in [3.63, 3.8) is 0 Å². The summed E-state index contributed by atoms with van der Waals surface area (Å²) < 4.78 is 7.35. The van der Waals surface area contributed by atoms with Crippen LogP contribution in [0.25, 0.3) is 5.65 Å². The first-order valence-electron chi connectivity index (χ1n) is 6.36. The number of thioether (sulfide) groups is 1. The second kappa shape index (κ2) is 5.18. The standard InChI is InChI=1S/C13H17N3OS/c1-17-11-6-4-7-16-12(14-15-13(11)16)9-10-5-2-3-8-18-10/h4,6-7,10H,2-3,5,8-9H2,1H3. The van der Waals surface area contributed by atoms with Gasteiger partial charge in [0.15, 0.2) is 5.75 Å². The third-order valence-corrected chi connectivity index (χ3v) is 4.77. The normalized spacial score (nSPS) is 20.2. The van der Waals surface area contributed by atoms with Crippen LogP contribution in [0.15, 0.2) is 18.3 Å². The fraction of sp³-hybridized carbons (Fsp3) is 0.538. The first-order valence-corrected chi connectivity index (χ1v) is 7.41. The first-order chi connectivity index (χ1) is 8.88. The van der Waals surface area contributed by atoms with Gasteiger partial charge in [0, 0.05) is 17.9 Å². The molecule has 1 unspecified atom stereocenters. The van der Waals surface area contributed by atoms with Crippen LogP contribution in [0.2, 0.25) is 0 Å². The Labute approximate surface area is 111 Å². The minimum atomic E-state index is 0.692. The lowest BCUT2D eigenvalue weighted by Crippen LogP contribution is -2.14. The highest BCUT2D eigenvalue weighted by Gasteiger charge is 2.18. The van der Waals surface area contributed by atoms with Gasteiger partial charge in [0.1, 0.15) is 5.82 Å². The summed E-state index contributed by atoms with van der Waals surface area (Å²) in [5.41, 5.74) is 0.816. The fourth-order valence-electron chi connectivity index (χ4n) is 2.41. The molecular weight excluding hydrogens is 246 g/mol. The summed E-state index contributed by atoms with van der Waals surface area (Å²) in [6.45, 7) is 0. The number of hydrogen-bond donors (Lipinski definition) is 0. The van der Waals surface area contributed by atoms with Crippen LogP contribution in [0.4, 0.5) is 0 Å². The van der Waals surface area contributed by atoms with Gasteiger partial charge in [-0.05, 0) is 30.7 Å². The van der Waals surface area contributed by atoms with Crippen LogP contribution in [0.3, 0.4) is 0 Å². The van der Waals surface area contributed by atoms with E-state index in [4.69, 9.17) is 4.74 Å². The molecule has 0 radical (unpaired) electrons. The number of ether oxygens (including phenoxy) is 1. The van der Waals surface area contributed by atoms with E-state index in [-0.39, 0.29) is 0 Å². The van der Waals surface area contributed by atoms with E-state index in [2.05, 4.69) is 22.0 Å². The average Bonchev–Trinajstić information content (AvgIpc) is 2.83. The van der Waals surface area contributed by atoms with Gasteiger partial charge in [-0.15, -0.1) is 10.2 Å². The fourth-order valence-corrected chi connectivity index (χ4v) is 3.71.